The summed E-state index contributed by atoms with van der Waals surface area (Å²) in [6.07, 6.45) is 2.62. The van der Waals surface area contributed by atoms with Gasteiger partial charge < -0.3 is 9.47 Å². The molecule has 0 aliphatic carbocycles. The topological polar surface area (TPSA) is 52.6 Å². The van der Waals surface area contributed by atoms with Crippen molar-refractivity contribution in [3.63, 3.8) is 0 Å². The number of hydrogen-bond acceptors (Lipinski definition) is 4. The van der Waals surface area contributed by atoms with Crippen LogP contribution >= 0.6 is 0 Å². The highest BCUT2D eigenvalue weighted by atomic mass is 19.1. The summed E-state index contributed by atoms with van der Waals surface area (Å²) in [6, 6.07) is 3.96. The summed E-state index contributed by atoms with van der Waals surface area (Å²) in [5.74, 6) is -1.97. The molecule has 0 saturated carbocycles. The lowest BCUT2D eigenvalue weighted by Gasteiger charge is -2.17. The number of benzene rings is 1. The van der Waals surface area contributed by atoms with Gasteiger partial charge in [0.1, 0.15) is 11.4 Å². The molecule has 0 heterocycles. The van der Waals surface area contributed by atoms with Gasteiger partial charge in [-0.05, 0) is 44.5 Å². The predicted molar refractivity (Wildman–Crippen MR) is 72.6 cm³/mol. The van der Waals surface area contributed by atoms with Gasteiger partial charge in [-0.2, -0.15) is 0 Å². The summed E-state index contributed by atoms with van der Waals surface area (Å²) in [5.41, 5.74) is -0.288. The Bertz CT molecular complexity index is 541. The van der Waals surface area contributed by atoms with Gasteiger partial charge in [-0.25, -0.2) is 14.0 Å². The van der Waals surface area contributed by atoms with Crippen molar-refractivity contribution in [2.45, 2.75) is 26.4 Å². The van der Waals surface area contributed by atoms with Gasteiger partial charge in [-0.1, -0.05) is 6.07 Å². The first kappa shape index (κ1) is 15.9. The number of esters is 2. The molecule has 1 aromatic carbocycles. The zero-order chi connectivity index (χ0) is 15.3. The summed E-state index contributed by atoms with van der Waals surface area (Å²) >= 11 is 0. The maximum Gasteiger partial charge on any atom is 0.340 e. The second-order valence-corrected chi connectivity index (χ2v) is 5.10. The summed E-state index contributed by atoms with van der Waals surface area (Å²) in [6.45, 7) is 5.26. The van der Waals surface area contributed by atoms with Crippen LogP contribution in [0.1, 0.15) is 36.7 Å². The summed E-state index contributed by atoms with van der Waals surface area (Å²) < 4.78 is 23.1. The summed E-state index contributed by atoms with van der Waals surface area (Å²) in [7, 11) is 1.18. The van der Waals surface area contributed by atoms with E-state index in [-0.39, 0.29) is 5.56 Å². The van der Waals surface area contributed by atoms with Gasteiger partial charge in [0, 0.05) is 6.08 Å². The van der Waals surface area contributed by atoms with Gasteiger partial charge in [0.15, 0.2) is 0 Å². The number of carbonyl (C=O) groups excluding carboxylic acids is 2. The Labute approximate surface area is 117 Å². The normalized spacial score (nSPS) is 11.4. The van der Waals surface area contributed by atoms with Crippen LogP contribution < -0.4 is 0 Å². The highest BCUT2D eigenvalue weighted by Crippen LogP contribution is 2.13. The fourth-order valence-electron chi connectivity index (χ4n) is 1.41. The lowest BCUT2D eigenvalue weighted by molar-refractivity contribution is -0.148. The smallest absolute Gasteiger partial charge is 0.340 e. The third-order valence-corrected chi connectivity index (χ3v) is 2.22. The van der Waals surface area contributed by atoms with Crippen molar-refractivity contribution < 1.29 is 23.5 Å². The van der Waals surface area contributed by atoms with Crippen LogP contribution in [-0.2, 0) is 14.3 Å². The lowest BCUT2D eigenvalue weighted by Crippen LogP contribution is -2.22. The van der Waals surface area contributed by atoms with Gasteiger partial charge in [0.05, 0.1) is 12.7 Å². The predicted octanol–water partition coefficient (Wildman–Crippen LogP) is 2.97. The molecule has 20 heavy (non-hydrogen) atoms. The van der Waals surface area contributed by atoms with E-state index in [0.29, 0.717) is 5.56 Å². The highest BCUT2D eigenvalue weighted by Gasteiger charge is 2.14. The molecule has 0 aliphatic heterocycles. The zero-order valence-corrected chi connectivity index (χ0v) is 11.9. The average Bonchev–Trinajstić information content (AvgIpc) is 2.33. The van der Waals surface area contributed by atoms with Crippen LogP contribution in [0.4, 0.5) is 4.39 Å². The lowest BCUT2D eigenvalue weighted by atomic mass is 10.1. The quantitative estimate of drug-likeness (QED) is 0.631. The number of rotatable bonds is 3. The molecule has 0 saturated heterocycles. The van der Waals surface area contributed by atoms with Crippen molar-refractivity contribution in [3.8, 4) is 0 Å². The van der Waals surface area contributed by atoms with E-state index in [4.69, 9.17) is 4.74 Å². The standard InChI is InChI=1S/C15H17FO4/c1-15(2,3)20-13(17)8-6-10-5-7-11(12(16)9-10)14(18)19-4/h5-9H,1-4H3/b8-6+. The second-order valence-electron chi connectivity index (χ2n) is 5.10. The second kappa shape index (κ2) is 6.32. The average molecular weight is 280 g/mol. The SMILES string of the molecule is COC(=O)c1ccc(/C=C/C(=O)OC(C)(C)C)cc1F. The largest absolute Gasteiger partial charge is 0.465 e. The summed E-state index contributed by atoms with van der Waals surface area (Å²) in [4.78, 5) is 22.7. The number of methoxy groups -OCH3 is 1. The van der Waals surface area contributed by atoms with Gasteiger partial charge >= 0.3 is 11.9 Å². The van der Waals surface area contributed by atoms with E-state index in [1.54, 1.807) is 20.8 Å². The molecule has 0 bridgehead atoms. The van der Waals surface area contributed by atoms with Gasteiger partial charge in [-0.3, -0.25) is 0 Å². The minimum Gasteiger partial charge on any atom is -0.465 e. The van der Waals surface area contributed by atoms with E-state index in [2.05, 4.69) is 4.74 Å². The molecule has 0 amide bonds. The van der Waals surface area contributed by atoms with E-state index in [1.807, 2.05) is 0 Å². The molecule has 0 N–H and O–H groups in total. The Hall–Kier alpha value is -2.17. The minimum atomic E-state index is -0.745. The Morgan fingerprint density at radius 3 is 2.40 bits per heavy atom. The summed E-state index contributed by atoms with van der Waals surface area (Å²) in [5, 5.41) is 0. The van der Waals surface area contributed by atoms with Crippen LogP contribution in [0.3, 0.4) is 0 Å². The van der Waals surface area contributed by atoms with Gasteiger partial charge in [0.25, 0.3) is 0 Å². The molecule has 0 spiro atoms. The fourth-order valence-corrected chi connectivity index (χ4v) is 1.41. The highest BCUT2D eigenvalue weighted by molar-refractivity contribution is 5.90. The van der Waals surface area contributed by atoms with Gasteiger partial charge in [-0.15, -0.1) is 0 Å². The van der Waals surface area contributed by atoms with E-state index in [1.165, 1.54) is 31.4 Å². The van der Waals surface area contributed by atoms with Crippen LogP contribution in [0.5, 0.6) is 0 Å². The third kappa shape index (κ3) is 4.84. The van der Waals surface area contributed by atoms with Crippen molar-refractivity contribution in [1.29, 1.82) is 0 Å². The van der Waals surface area contributed by atoms with Crippen LogP contribution in [0.15, 0.2) is 24.3 Å². The first-order valence-electron chi connectivity index (χ1n) is 6.02. The molecule has 4 nitrogen and oxygen atoms in total. The molecule has 5 heteroatoms. The maximum absolute atomic E-state index is 13.6. The minimum absolute atomic E-state index is 0.151. The third-order valence-electron chi connectivity index (χ3n) is 2.22. The Balaban J connectivity index is 2.82. The van der Waals surface area contributed by atoms with E-state index < -0.39 is 23.4 Å². The first-order chi connectivity index (χ1) is 9.23. The Morgan fingerprint density at radius 1 is 1.25 bits per heavy atom. The molecule has 0 fully saturated rings. The van der Waals surface area contributed by atoms with Crippen molar-refractivity contribution in [2.24, 2.45) is 0 Å². The first-order valence-corrected chi connectivity index (χ1v) is 6.02. The number of carbonyl (C=O) groups is 2. The van der Waals surface area contributed by atoms with Crippen LogP contribution in [0.25, 0.3) is 6.08 Å². The molecule has 0 radical (unpaired) electrons. The molecule has 1 aromatic rings. The van der Waals surface area contributed by atoms with E-state index in [9.17, 15) is 14.0 Å². The van der Waals surface area contributed by atoms with E-state index in [0.717, 1.165) is 6.07 Å². The number of hydrogen-bond donors (Lipinski definition) is 0. The Morgan fingerprint density at radius 2 is 1.90 bits per heavy atom. The van der Waals surface area contributed by atoms with Crippen LogP contribution in [-0.4, -0.2) is 24.6 Å². The van der Waals surface area contributed by atoms with Crippen molar-refractivity contribution in [3.05, 3.63) is 41.2 Å². The monoisotopic (exact) mass is 280 g/mol. The van der Waals surface area contributed by atoms with Crippen molar-refractivity contribution >= 4 is 18.0 Å². The van der Waals surface area contributed by atoms with Crippen LogP contribution in [0.2, 0.25) is 0 Å². The van der Waals surface area contributed by atoms with Crippen LogP contribution in [0, 0.1) is 5.82 Å². The molecule has 0 atom stereocenters. The molecule has 108 valence electrons. The van der Waals surface area contributed by atoms with Crippen molar-refractivity contribution in [2.75, 3.05) is 7.11 Å². The van der Waals surface area contributed by atoms with Gasteiger partial charge in [0.2, 0.25) is 0 Å². The van der Waals surface area contributed by atoms with E-state index >= 15 is 0 Å². The zero-order valence-electron chi connectivity index (χ0n) is 11.9. The molecular weight excluding hydrogens is 263 g/mol. The molecule has 0 aromatic heterocycles. The molecular formula is C15H17FO4. The maximum atomic E-state index is 13.6. The molecule has 0 aliphatic rings. The molecule has 0 unspecified atom stereocenters. The van der Waals surface area contributed by atoms with Crippen molar-refractivity contribution in [1.82, 2.24) is 0 Å². The number of ether oxygens (including phenoxy) is 2. The molecule has 1 rings (SSSR count). The Kier molecular flexibility index (Phi) is 5.02. The fraction of sp³-hybridized carbons (Fsp3) is 0.333. The number of halogens is 1.